The van der Waals surface area contributed by atoms with Crippen molar-refractivity contribution in [3.8, 4) is 0 Å². The van der Waals surface area contributed by atoms with Crippen molar-refractivity contribution in [3.63, 3.8) is 0 Å². The first-order valence-corrected chi connectivity index (χ1v) is 5.94. The minimum Gasteiger partial charge on any atom is -0.478 e. The van der Waals surface area contributed by atoms with E-state index in [0.29, 0.717) is 0 Å². The minimum absolute atomic E-state index is 0.0390. The minimum atomic E-state index is -1.24. The van der Waals surface area contributed by atoms with Crippen LogP contribution in [0.1, 0.15) is 15.9 Å². The first kappa shape index (κ1) is 15.2. The Balaban J connectivity index is 3.15. The van der Waals surface area contributed by atoms with Crippen LogP contribution in [0.5, 0.6) is 0 Å². The second-order valence-corrected chi connectivity index (χ2v) is 4.35. The first-order chi connectivity index (χ1) is 8.88. The smallest absolute Gasteiger partial charge is 0.412 e. The summed E-state index contributed by atoms with van der Waals surface area (Å²) in [5.41, 5.74) is -0.330. The van der Waals surface area contributed by atoms with Crippen molar-refractivity contribution in [2.75, 3.05) is 11.9 Å². The fraction of sp³-hybridized carbons (Fsp3) is 0.167. The molecule has 1 amide bonds. The summed E-state index contributed by atoms with van der Waals surface area (Å²) < 4.78 is 18.5. The summed E-state index contributed by atoms with van der Waals surface area (Å²) in [6, 6.07) is 1.17. The molecule has 0 aliphatic rings. The summed E-state index contributed by atoms with van der Waals surface area (Å²) >= 11 is 2.95. The molecule has 0 fully saturated rings. The van der Waals surface area contributed by atoms with Crippen molar-refractivity contribution < 1.29 is 23.8 Å². The van der Waals surface area contributed by atoms with Crippen molar-refractivity contribution in [1.82, 2.24) is 0 Å². The summed E-state index contributed by atoms with van der Waals surface area (Å²) in [6.07, 6.45) is 0.450. The molecule has 7 heteroatoms. The van der Waals surface area contributed by atoms with Crippen molar-refractivity contribution in [1.29, 1.82) is 0 Å². The van der Waals surface area contributed by atoms with Crippen LogP contribution in [0, 0.1) is 12.7 Å². The van der Waals surface area contributed by atoms with Gasteiger partial charge >= 0.3 is 12.1 Å². The third-order valence-corrected chi connectivity index (χ3v) is 3.00. The van der Waals surface area contributed by atoms with Gasteiger partial charge in [0.25, 0.3) is 0 Å². The number of benzene rings is 1. The van der Waals surface area contributed by atoms with Gasteiger partial charge in [-0.3, -0.25) is 5.32 Å². The van der Waals surface area contributed by atoms with Gasteiger partial charge in [0.1, 0.15) is 6.61 Å². The average molecular weight is 332 g/mol. The number of ether oxygens (including phenoxy) is 1. The summed E-state index contributed by atoms with van der Waals surface area (Å²) in [5, 5.41) is 11.1. The Morgan fingerprint density at radius 3 is 2.79 bits per heavy atom. The predicted molar refractivity (Wildman–Crippen MR) is 71.0 cm³/mol. The third-order valence-electron chi connectivity index (χ3n) is 2.17. The molecule has 0 bridgehead atoms. The summed E-state index contributed by atoms with van der Waals surface area (Å²) in [4.78, 5) is 22.3. The fourth-order valence-corrected chi connectivity index (χ4v) is 1.87. The Kier molecular flexibility index (Phi) is 5.05. The number of rotatable bonds is 4. The molecular formula is C12H11BrFNO4. The molecule has 19 heavy (non-hydrogen) atoms. The zero-order valence-electron chi connectivity index (χ0n) is 10.00. The number of hydrogen-bond donors (Lipinski definition) is 2. The molecule has 0 aromatic heterocycles. The second-order valence-electron chi connectivity index (χ2n) is 3.56. The summed E-state index contributed by atoms with van der Waals surface area (Å²) in [6.45, 7) is 4.72. The van der Waals surface area contributed by atoms with E-state index in [0.717, 1.165) is 0 Å². The van der Waals surface area contributed by atoms with E-state index in [2.05, 4.69) is 32.6 Å². The highest BCUT2D eigenvalue weighted by Gasteiger charge is 2.20. The first-order valence-electron chi connectivity index (χ1n) is 5.15. The van der Waals surface area contributed by atoms with E-state index in [1.54, 1.807) is 0 Å². The number of anilines is 1. The molecule has 0 radical (unpaired) electrons. The second kappa shape index (κ2) is 6.33. The molecule has 0 aliphatic carbocycles. The van der Waals surface area contributed by atoms with Crippen LogP contribution in [-0.2, 0) is 4.74 Å². The normalized spacial score (nSPS) is 9.84. The third kappa shape index (κ3) is 3.54. The van der Waals surface area contributed by atoms with E-state index >= 15 is 0 Å². The highest BCUT2D eigenvalue weighted by Crippen LogP contribution is 2.32. The summed E-state index contributed by atoms with van der Waals surface area (Å²) in [5.74, 6) is -1.97. The predicted octanol–water partition coefficient (Wildman–Crippen LogP) is 3.33. The number of hydrogen-bond acceptors (Lipinski definition) is 3. The van der Waals surface area contributed by atoms with Gasteiger partial charge in [0.2, 0.25) is 0 Å². The quantitative estimate of drug-likeness (QED) is 0.830. The van der Waals surface area contributed by atoms with Gasteiger partial charge in [-0.1, -0.05) is 12.7 Å². The van der Waals surface area contributed by atoms with Gasteiger partial charge in [-0.05, 0) is 34.5 Å². The largest absolute Gasteiger partial charge is 0.478 e. The van der Waals surface area contributed by atoms with Gasteiger partial charge in [-0.25, -0.2) is 14.0 Å². The molecule has 5 nitrogen and oxygen atoms in total. The summed E-state index contributed by atoms with van der Waals surface area (Å²) in [7, 11) is 0. The van der Waals surface area contributed by atoms with Gasteiger partial charge in [0.05, 0.1) is 15.7 Å². The SMILES string of the molecule is C=CCOC(=O)Nc1c(F)c(C)cc(C(=O)O)c1Br. The molecule has 0 unspecified atom stereocenters. The highest BCUT2D eigenvalue weighted by atomic mass is 79.9. The number of halogens is 2. The van der Waals surface area contributed by atoms with Gasteiger partial charge in [0.15, 0.2) is 5.82 Å². The number of carboxylic acids is 1. The van der Waals surface area contributed by atoms with Gasteiger partial charge < -0.3 is 9.84 Å². The maximum absolute atomic E-state index is 13.9. The van der Waals surface area contributed by atoms with Crippen LogP contribution in [0.15, 0.2) is 23.2 Å². The van der Waals surface area contributed by atoms with Crippen LogP contribution in [-0.4, -0.2) is 23.8 Å². The lowest BCUT2D eigenvalue weighted by Crippen LogP contribution is -2.16. The zero-order chi connectivity index (χ0) is 14.6. The highest BCUT2D eigenvalue weighted by molar-refractivity contribution is 9.10. The standard InChI is InChI=1S/C12H11BrFNO4/c1-3-4-19-12(18)15-10-8(13)7(11(16)17)5-6(2)9(10)14/h3,5H,1,4H2,2H3,(H,15,18)(H,16,17). The molecule has 0 saturated carbocycles. The van der Waals surface area contributed by atoms with Crippen LogP contribution in [0.3, 0.4) is 0 Å². The van der Waals surface area contributed by atoms with Crippen LogP contribution in [0.25, 0.3) is 0 Å². The molecule has 0 atom stereocenters. The number of carboxylic acid groups (broad SMARTS) is 1. The monoisotopic (exact) mass is 331 g/mol. The van der Waals surface area contributed by atoms with E-state index in [9.17, 15) is 14.0 Å². The van der Waals surface area contributed by atoms with Crippen molar-refractivity contribution in [2.45, 2.75) is 6.92 Å². The van der Waals surface area contributed by atoms with Crippen LogP contribution >= 0.6 is 15.9 Å². The van der Waals surface area contributed by atoms with Crippen molar-refractivity contribution in [2.24, 2.45) is 0 Å². The van der Waals surface area contributed by atoms with Crippen LogP contribution in [0.4, 0.5) is 14.9 Å². The van der Waals surface area contributed by atoms with Gasteiger partial charge in [-0.2, -0.15) is 0 Å². The Bertz CT molecular complexity index is 545. The Labute approximate surface area is 117 Å². The van der Waals surface area contributed by atoms with Crippen LogP contribution < -0.4 is 5.32 Å². The molecule has 2 N–H and O–H groups in total. The lowest BCUT2D eigenvalue weighted by Gasteiger charge is -2.12. The maximum atomic E-state index is 13.9. The number of aryl methyl sites for hydroxylation is 1. The number of carbonyl (C=O) groups excluding carboxylic acids is 1. The number of carbonyl (C=O) groups is 2. The maximum Gasteiger partial charge on any atom is 0.412 e. The van der Waals surface area contributed by atoms with E-state index in [-0.39, 0.29) is 27.9 Å². The van der Waals surface area contributed by atoms with Gasteiger partial charge in [0, 0.05) is 0 Å². The molecule has 1 aromatic carbocycles. The van der Waals surface area contributed by atoms with E-state index in [4.69, 9.17) is 5.11 Å². The van der Waals surface area contributed by atoms with E-state index in [1.807, 2.05) is 0 Å². The van der Waals surface area contributed by atoms with E-state index in [1.165, 1.54) is 19.1 Å². The van der Waals surface area contributed by atoms with Crippen molar-refractivity contribution >= 4 is 33.7 Å². The molecule has 0 heterocycles. The number of nitrogens with one attached hydrogen (secondary N) is 1. The average Bonchev–Trinajstić information content (AvgIpc) is 2.36. The fourth-order valence-electron chi connectivity index (χ4n) is 1.31. The molecular weight excluding hydrogens is 321 g/mol. The Hall–Kier alpha value is -1.89. The molecule has 0 aliphatic heterocycles. The Morgan fingerprint density at radius 1 is 1.63 bits per heavy atom. The molecule has 0 spiro atoms. The topological polar surface area (TPSA) is 75.6 Å². The number of amides is 1. The van der Waals surface area contributed by atoms with E-state index < -0.39 is 17.9 Å². The Morgan fingerprint density at radius 2 is 2.26 bits per heavy atom. The number of aromatic carboxylic acids is 1. The lowest BCUT2D eigenvalue weighted by atomic mass is 10.1. The van der Waals surface area contributed by atoms with Crippen molar-refractivity contribution in [3.05, 3.63) is 40.1 Å². The zero-order valence-corrected chi connectivity index (χ0v) is 11.6. The lowest BCUT2D eigenvalue weighted by molar-refractivity contribution is 0.0695. The molecule has 1 aromatic rings. The molecule has 1 rings (SSSR count). The molecule has 102 valence electrons. The van der Waals surface area contributed by atoms with Gasteiger partial charge in [-0.15, -0.1) is 0 Å². The molecule has 0 saturated heterocycles. The van der Waals surface area contributed by atoms with Crippen LogP contribution in [0.2, 0.25) is 0 Å².